The van der Waals surface area contributed by atoms with Crippen molar-refractivity contribution >= 4 is 22.7 Å². The number of hydrogen-bond donors (Lipinski definition) is 5. The Morgan fingerprint density at radius 2 is 1.35 bits per heavy atom. The molecule has 8 heteroatoms. The van der Waals surface area contributed by atoms with Crippen molar-refractivity contribution < 1.29 is 15.1 Å². The largest absolute Gasteiger partial charge is 0.508 e. The van der Waals surface area contributed by atoms with Crippen LogP contribution in [0, 0.1) is 10.1 Å². The molecule has 2 aromatic carbocycles. The highest BCUT2D eigenvalue weighted by Crippen LogP contribution is 2.24. The molecule has 106 valence electrons. The van der Waals surface area contributed by atoms with E-state index in [1.807, 2.05) is 0 Å². The Labute approximate surface area is 114 Å². The molecule has 0 spiro atoms. The van der Waals surface area contributed by atoms with E-state index in [1.165, 1.54) is 18.2 Å². The van der Waals surface area contributed by atoms with Gasteiger partial charge >= 0.3 is 0 Å². The van der Waals surface area contributed by atoms with Crippen molar-refractivity contribution in [2.24, 2.45) is 0 Å². The van der Waals surface area contributed by atoms with Gasteiger partial charge in [0, 0.05) is 18.2 Å². The Kier molecular flexibility index (Phi) is 4.57. The summed E-state index contributed by atoms with van der Waals surface area (Å²) < 4.78 is 0. The van der Waals surface area contributed by atoms with Gasteiger partial charge in [-0.15, -0.1) is 0 Å². The molecule has 0 aliphatic heterocycles. The standard InChI is InChI=1S/C6H6N2O3.C6H8N2O/c7-5-3-4(9)1-2-6(5)8(10)11;7-5-2-1-4(9)3-6(5)8/h1-3,9H,7H2;1-3,9H,7-8H2. The lowest BCUT2D eigenvalue weighted by Gasteiger charge is -1.97. The van der Waals surface area contributed by atoms with E-state index in [9.17, 15) is 10.1 Å². The van der Waals surface area contributed by atoms with Gasteiger partial charge in [-0.1, -0.05) is 0 Å². The number of nitro benzene ring substituents is 1. The summed E-state index contributed by atoms with van der Waals surface area (Å²) in [6.07, 6.45) is 0. The number of nitrogen functional groups attached to an aromatic ring is 3. The monoisotopic (exact) mass is 278 g/mol. The van der Waals surface area contributed by atoms with Gasteiger partial charge in [-0.25, -0.2) is 0 Å². The molecule has 0 saturated carbocycles. The van der Waals surface area contributed by atoms with Crippen LogP contribution in [-0.4, -0.2) is 15.1 Å². The summed E-state index contributed by atoms with van der Waals surface area (Å²) >= 11 is 0. The Morgan fingerprint density at radius 1 is 0.850 bits per heavy atom. The molecular weight excluding hydrogens is 264 g/mol. The highest BCUT2D eigenvalue weighted by Gasteiger charge is 2.09. The average Bonchev–Trinajstić information content (AvgIpc) is 2.34. The number of nitro groups is 1. The summed E-state index contributed by atoms with van der Waals surface area (Å²) in [6.45, 7) is 0. The van der Waals surface area contributed by atoms with Crippen LogP contribution in [0.3, 0.4) is 0 Å². The van der Waals surface area contributed by atoms with E-state index in [1.54, 1.807) is 6.07 Å². The SMILES string of the molecule is Nc1cc(O)ccc1[N+](=O)[O-].Nc1ccc(O)cc1N. The third-order valence-corrected chi connectivity index (χ3v) is 2.28. The summed E-state index contributed by atoms with van der Waals surface area (Å²) in [5.74, 6) is 0.0646. The highest BCUT2D eigenvalue weighted by atomic mass is 16.6. The van der Waals surface area contributed by atoms with E-state index in [2.05, 4.69) is 0 Å². The van der Waals surface area contributed by atoms with Crippen molar-refractivity contribution in [3.05, 3.63) is 46.5 Å². The Balaban J connectivity index is 0.000000204. The number of rotatable bonds is 1. The zero-order valence-electron chi connectivity index (χ0n) is 10.4. The maximum absolute atomic E-state index is 10.2. The van der Waals surface area contributed by atoms with Crippen LogP contribution >= 0.6 is 0 Å². The van der Waals surface area contributed by atoms with Gasteiger partial charge < -0.3 is 27.4 Å². The first-order valence-corrected chi connectivity index (χ1v) is 5.38. The van der Waals surface area contributed by atoms with Gasteiger partial charge in [0.2, 0.25) is 0 Å². The van der Waals surface area contributed by atoms with Crippen molar-refractivity contribution in [2.45, 2.75) is 0 Å². The van der Waals surface area contributed by atoms with Gasteiger partial charge in [0.1, 0.15) is 17.2 Å². The fraction of sp³-hybridized carbons (Fsp3) is 0. The third kappa shape index (κ3) is 3.95. The quantitative estimate of drug-likeness (QED) is 0.228. The van der Waals surface area contributed by atoms with E-state index in [4.69, 9.17) is 27.4 Å². The van der Waals surface area contributed by atoms with E-state index in [0.29, 0.717) is 11.4 Å². The zero-order chi connectivity index (χ0) is 15.3. The first-order valence-electron chi connectivity index (χ1n) is 5.38. The number of phenolic OH excluding ortho intramolecular Hbond substituents is 2. The lowest BCUT2D eigenvalue weighted by Crippen LogP contribution is -1.94. The van der Waals surface area contributed by atoms with Crippen molar-refractivity contribution in [1.29, 1.82) is 0 Å². The summed E-state index contributed by atoms with van der Waals surface area (Å²) in [5, 5.41) is 27.8. The molecule has 0 fully saturated rings. The van der Waals surface area contributed by atoms with Gasteiger partial charge in [-0.05, 0) is 18.2 Å². The van der Waals surface area contributed by atoms with Gasteiger partial charge in [-0.3, -0.25) is 10.1 Å². The van der Waals surface area contributed by atoms with Crippen LogP contribution < -0.4 is 17.2 Å². The molecule has 20 heavy (non-hydrogen) atoms. The van der Waals surface area contributed by atoms with Crippen molar-refractivity contribution in [3.63, 3.8) is 0 Å². The summed E-state index contributed by atoms with van der Waals surface area (Å²) in [5.41, 5.74) is 16.6. The van der Waals surface area contributed by atoms with Crippen molar-refractivity contribution in [1.82, 2.24) is 0 Å². The molecule has 0 heterocycles. The number of anilines is 3. The molecular formula is C12H14N4O4. The Hall–Kier alpha value is -3.16. The van der Waals surface area contributed by atoms with Gasteiger partial charge in [-0.2, -0.15) is 0 Å². The van der Waals surface area contributed by atoms with E-state index >= 15 is 0 Å². The summed E-state index contributed by atoms with van der Waals surface area (Å²) in [6, 6.07) is 7.98. The van der Waals surface area contributed by atoms with Crippen LogP contribution in [0.15, 0.2) is 36.4 Å². The maximum atomic E-state index is 10.2. The van der Waals surface area contributed by atoms with Crippen LogP contribution in [0.25, 0.3) is 0 Å². The summed E-state index contributed by atoms with van der Waals surface area (Å²) in [7, 11) is 0. The van der Waals surface area contributed by atoms with Gasteiger partial charge in [0.25, 0.3) is 5.69 Å². The van der Waals surface area contributed by atoms with Crippen LogP contribution in [0.2, 0.25) is 0 Å². The van der Waals surface area contributed by atoms with Gasteiger partial charge in [0.05, 0.1) is 16.3 Å². The van der Waals surface area contributed by atoms with E-state index in [-0.39, 0.29) is 22.9 Å². The fourth-order valence-electron chi connectivity index (χ4n) is 1.27. The topological polar surface area (TPSA) is 162 Å². The molecule has 2 rings (SSSR count). The number of aromatic hydroxyl groups is 2. The van der Waals surface area contributed by atoms with Crippen LogP contribution in [0.4, 0.5) is 22.7 Å². The minimum atomic E-state index is -0.602. The van der Waals surface area contributed by atoms with Crippen molar-refractivity contribution in [2.75, 3.05) is 17.2 Å². The van der Waals surface area contributed by atoms with Gasteiger partial charge in [0.15, 0.2) is 0 Å². The lowest BCUT2D eigenvalue weighted by molar-refractivity contribution is -0.383. The molecule has 0 amide bonds. The zero-order valence-corrected chi connectivity index (χ0v) is 10.4. The average molecular weight is 278 g/mol. The first kappa shape index (κ1) is 14.9. The molecule has 0 unspecified atom stereocenters. The molecule has 0 saturated heterocycles. The molecule has 0 aromatic heterocycles. The second-order valence-electron chi connectivity index (χ2n) is 3.81. The minimum absolute atomic E-state index is 0.0324. The predicted octanol–water partition coefficient (Wildman–Crippen LogP) is 1.44. The maximum Gasteiger partial charge on any atom is 0.292 e. The number of nitrogens with two attached hydrogens (primary N) is 3. The first-order chi connectivity index (χ1) is 9.31. The number of hydrogen-bond acceptors (Lipinski definition) is 7. The fourth-order valence-corrected chi connectivity index (χ4v) is 1.27. The molecule has 0 bridgehead atoms. The third-order valence-electron chi connectivity index (χ3n) is 2.28. The predicted molar refractivity (Wildman–Crippen MR) is 76.1 cm³/mol. The number of phenols is 2. The lowest BCUT2D eigenvalue weighted by atomic mass is 10.2. The van der Waals surface area contributed by atoms with Crippen LogP contribution in [0.5, 0.6) is 11.5 Å². The smallest absolute Gasteiger partial charge is 0.292 e. The normalized spacial score (nSPS) is 9.40. The second kappa shape index (κ2) is 6.14. The number of benzene rings is 2. The Morgan fingerprint density at radius 3 is 1.75 bits per heavy atom. The van der Waals surface area contributed by atoms with E-state index in [0.717, 1.165) is 12.1 Å². The molecule has 0 atom stereocenters. The Bertz CT molecular complexity index is 631. The minimum Gasteiger partial charge on any atom is -0.508 e. The molecule has 2 aromatic rings. The molecule has 0 radical (unpaired) electrons. The second-order valence-corrected chi connectivity index (χ2v) is 3.81. The molecule has 0 aliphatic carbocycles. The molecule has 0 aliphatic rings. The highest BCUT2D eigenvalue weighted by molar-refractivity contribution is 5.64. The molecule has 8 nitrogen and oxygen atoms in total. The van der Waals surface area contributed by atoms with Crippen LogP contribution in [-0.2, 0) is 0 Å². The van der Waals surface area contributed by atoms with E-state index < -0.39 is 4.92 Å². The number of nitrogens with zero attached hydrogens (tertiary/aromatic N) is 1. The van der Waals surface area contributed by atoms with Crippen molar-refractivity contribution in [3.8, 4) is 11.5 Å². The van der Waals surface area contributed by atoms with Crippen LogP contribution in [0.1, 0.15) is 0 Å². The summed E-state index contributed by atoms with van der Waals surface area (Å²) in [4.78, 5) is 9.57. The molecule has 8 N–H and O–H groups in total.